The Morgan fingerprint density at radius 1 is 0.818 bits per heavy atom. The third-order valence-corrected chi connectivity index (χ3v) is 5.86. The number of hydrogen-bond donors (Lipinski definition) is 1. The third kappa shape index (κ3) is 7.62. The lowest BCUT2D eigenvalue weighted by Gasteiger charge is -2.31. The van der Waals surface area contributed by atoms with Crippen molar-refractivity contribution in [3.05, 3.63) is 106 Å². The van der Waals surface area contributed by atoms with E-state index in [0.717, 1.165) is 23.1 Å². The van der Waals surface area contributed by atoms with Gasteiger partial charge in [0.1, 0.15) is 6.04 Å². The smallest absolute Gasteiger partial charge is 0.243 e. The number of carbonyl (C=O) groups excluding carboxylic acids is 2. The number of carbonyl (C=O) groups is 2. The van der Waals surface area contributed by atoms with Gasteiger partial charge in [-0.1, -0.05) is 84.7 Å². The van der Waals surface area contributed by atoms with E-state index in [0.29, 0.717) is 29.6 Å². The van der Waals surface area contributed by atoms with Crippen LogP contribution >= 0.6 is 23.2 Å². The second-order valence-electron chi connectivity index (χ2n) is 7.95. The fraction of sp³-hybridized carbons (Fsp3) is 0.259. The van der Waals surface area contributed by atoms with E-state index in [1.165, 1.54) is 0 Å². The Kier molecular flexibility index (Phi) is 9.35. The molecule has 172 valence electrons. The minimum atomic E-state index is -0.644. The fourth-order valence-electron chi connectivity index (χ4n) is 3.58. The average Bonchev–Trinajstić information content (AvgIpc) is 2.83. The lowest BCUT2D eigenvalue weighted by atomic mass is 10.0. The Bertz CT molecular complexity index is 1040. The molecule has 6 heteroatoms. The molecular weight excluding hydrogens is 455 g/mol. The van der Waals surface area contributed by atoms with E-state index >= 15 is 0 Å². The monoisotopic (exact) mass is 482 g/mol. The topological polar surface area (TPSA) is 49.4 Å². The van der Waals surface area contributed by atoms with Gasteiger partial charge >= 0.3 is 0 Å². The van der Waals surface area contributed by atoms with Crippen LogP contribution in [0.2, 0.25) is 10.0 Å². The van der Waals surface area contributed by atoms with Crippen LogP contribution in [0.5, 0.6) is 0 Å². The SMILES string of the molecule is CCCNC(=O)[C@@H](Cc1ccccc1)N(Cc1ccc(Cl)cc1)C(=O)Cc1ccc(Cl)cc1. The number of halogens is 2. The predicted molar refractivity (Wildman–Crippen MR) is 134 cm³/mol. The molecule has 0 aliphatic heterocycles. The maximum absolute atomic E-state index is 13.6. The zero-order chi connectivity index (χ0) is 23.6. The number of amides is 2. The van der Waals surface area contributed by atoms with Gasteiger partial charge in [-0.2, -0.15) is 0 Å². The van der Waals surface area contributed by atoms with E-state index < -0.39 is 6.04 Å². The molecule has 0 saturated carbocycles. The maximum atomic E-state index is 13.6. The van der Waals surface area contributed by atoms with Gasteiger partial charge in [-0.15, -0.1) is 0 Å². The first-order chi connectivity index (χ1) is 16.0. The van der Waals surface area contributed by atoms with Gasteiger partial charge in [0.05, 0.1) is 6.42 Å². The minimum absolute atomic E-state index is 0.125. The van der Waals surface area contributed by atoms with Crippen molar-refractivity contribution in [3.8, 4) is 0 Å². The molecule has 0 radical (unpaired) electrons. The Hall–Kier alpha value is -2.82. The first kappa shape index (κ1) is 24.8. The van der Waals surface area contributed by atoms with Crippen LogP contribution in [0.3, 0.4) is 0 Å². The zero-order valence-corrected chi connectivity index (χ0v) is 20.1. The molecule has 0 saturated heterocycles. The summed E-state index contributed by atoms with van der Waals surface area (Å²) in [4.78, 5) is 28.5. The summed E-state index contributed by atoms with van der Waals surface area (Å²) in [5, 5.41) is 4.22. The van der Waals surface area contributed by atoms with Gasteiger partial charge in [-0.3, -0.25) is 9.59 Å². The molecule has 1 N–H and O–H groups in total. The largest absolute Gasteiger partial charge is 0.354 e. The molecule has 0 unspecified atom stereocenters. The summed E-state index contributed by atoms with van der Waals surface area (Å²) in [6.45, 7) is 2.87. The van der Waals surface area contributed by atoms with Crippen LogP contribution < -0.4 is 5.32 Å². The summed E-state index contributed by atoms with van der Waals surface area (Å²) in [7, 11) is 0. The second kappa shape index (κ2) is 12.4. The predicted octanol–water partition coefficient (Wildman–Crippen LogP) is 5.70. The Morgan fingerprint density at radius 2 is 1.39 bits per heavy atom. The highest BCUT2D eigenvalue weighted by molar-refractivity contribution is 6.30. The molecule has 33 heavy (non-hydrogen) atoms. The van der Waals surface area contributed by atoms with Crippen molar-refractivity contribution in [1.82, 2.24) is 10.2 Å². The Balaban J connectivity index is 1.93. The van der Waals surface area contributed by atoms with Gasteiger partial charge in [-0.25, -0.2) is 0 Å². The van der Waals surface area contributed by atoms with E-state index in [4.69, 9.17) is 23.2 Å². The molecule has 0 aliphatic rings. The lowest BCUT2D eigenvalue weighted by molar-refractivity contribution is -0.140. The lowest BCUT2D eigenvalue weighted by Crippen LogP contribution is -2.51. The zero-order valence-electron chi connectivity index (χ0n) is 18.6. The highest BCUT2D eigenvalue weighted by Crippen LogP contribution is 2.19. The Morgan fingerprint density at radius 3 is 1.97 bits per heavy atom. The van der Waals surface area contributed by atoms with Crippen molar-refractivity contribution in [2.45, 2.75) is 38.8 Å². The van der Waals surface area contributed by atoms with Gasteiger partial charge < -0.3 is 10.2 Å². The van der Waals surface area contributed by atoms with Gasteiger partial charge in [0.15, 0.2) is 0 Å². The molecular formula is C27H28Cl2N2O2. The van der Waals surface area contributed by atoms with Gasteiger partial charge in [0.2, 0.25) is 11.8 Å². The van der Waals surface area contributed by atoms with Crippen molar-refractivity contribution in [2.24, 2.45) is 0 Å². The number of benzene rings is 3. The normalized spacial score (nSPS) is 11.6. The molecule has 2 amide bonds. The van der Waals surface area contributed by atoms with Gasteiger partial charge in [0, 0.05) is 29.6 Å². The highest BCUT2D eigenvalue weighted by atomic mass is 35.5. The molecule has 0 fully saturated rings. The molecule has 3 rings (SSSR count). The summed E-state index contributed by atoms with van der Waals surface area (Å²) in [5.74, 6) is -0.279. The van der Waals surface area contributed by atoms with Crippen molar-refractivity contribution in [2.75, 3.05) is 6.54 Å². The van der Waals surface area contributed by atoms with Crippen LogP contribution in [0.1, 0.15) is 30.0 Å². The summed E-state index contributed by atoms with van der Waals surface area (Å²) >= 11 is 12.1. The number of nitrogens with one attached hydrogen (secondary N) is 1. The average molecular weight is 483 g/mol. The summed E-state index contributed by atoms with van der Waals surface area (Å²) in [6, 6.07) is 23.7. The molecule has 0 spiro atoms. The molecule has 0 aliphatic carbocycles. The van der Waals surface area contributed by atoms with Crippen LogP contribution in [0.4, 0.5) is 0 Å². The first-order valence-electron chi connectivity index (χ1n) is 11.1. The molecule has 0 aromatic heterocycles. The van der Waals surface area contributed by atoms with Crippen molar-refractivity contribution in [1.29, 1.82) is 0 Å². The van der Waals surface area contributed by atoms with Crippen LogP contribution in [0.15, 0.2) is 78.9 Å². The number of rotatable bonds is 10. The number of hydrogen-bond acceptors (Lipinski definition) is 2. The van der Waals surface area contributed by atoms with Crippen LogP contribution in [0, 0.1) is 0 Å². The molecule has 3 aromatic rings. The highest BCUT2D eigenvalue weighted by Gasteiger charge is 2.30. The minimum Gasteiger partial charge on any atom is -0.354 e. The Labute approximate surface area is 205 Å². The standard InChI is InChI=1S/C27H28Cl2N2O2/c1-2-16-30-27(33)25(17-20-6-4-3-5-7-20)31(19-22-10-14-24(29)15-11-22)26(32)18-21-8-12-23(28)13-9-21/h3-15,25H,2,16-19H2,1H3,(H,30,33)/t25-/m1/s1. The summed E-state index contributed by atoms with van der Waals surface area (Å²) in [6.07, 6.45) is 1.42. The van der Waals surface area contributed by atoms with Gasteiger partial charge in [-0.05, 0) is 47.4 Å². The molecule has 3 aromatic carbocycles. The molecule has 1 atom stereocenters. The second-order valence-corrected chi connectivity index (χ2v) is 8.82. The van der Waals surface area contributed by atoms with Crippen molar-refractivity contribution < 1.29 is 9.59 Å². The molecule has 0 bridgehead atoms. The van der Waals surface area contributed by atoms with Gasteiger partial charge in [0.25, 0.3) is 0 Å². The maximum Gasteiger partial charge on any atom is 0.243 e. The van der Waals surface area contributed by atoms with Crippen LogP contribution in [-0.4, -0.2) is 29.3 Å². The first-order valence-corrected chi connectivity index (χ1v) is 11.8. The van der Waals surface area contributed by atoms with E-state index in [9.17, 15) is 9.59 Å². The third-order valence-electron chi connectivity index (χ3n) is 5.36. The summed E-state index contributed by atoms with van der Waals surface area (Å²) in [5.41, 5.74) is 2.75. The van der Waals surface area contributed by atoms with E-state index in [1.54, 1.807) is 29.2 Å². The van der Waals surface area contributed by atoms with Crippen molar-refractivity contribution in [3.63, 3.8) is 0 Å². The van der Waals surface area contributed by atoms with Crippen molar-refractivity contribution >= 4 is 35.0 Å². The van der Waals surface area contributed by atoms with Crippen LogP contribution in [-0.2, 0) is 29.0 Å². The van der Waals surface area contributed by atoms with E-state index in [2.05, 4.69) is 5.32 Å². The fourth-order valence-corrected chi connectivity index (χ4v) is 3.84. The molecule has 4 nitrogen and oxygen atoms in total. The van der Waals surface area contributed by atoms with E-state index in [-0.39, 0.29) is 18.2 Å². The molecule has 0 heterocycles. The quantitative estimate of drug-likeness (QED) is 0.402. The number of nitrogens with zero attached hydrogens (tertiary/aromatic N) is 1. The van der Waals surface area contributed by atoms with Crippen LogP contribution in [0.25, 0.3) is 0 Å². The summed E-state index contributed by atoms with van der Waals surface area (Å²) < 4.78 is 0. The van der Waals surface area contributed by atoms with E-state index in [1.807, 2.05) is 61.5 Å².